The molecule has 0 aliphatic carbocycles. The minimum Gasteiger partial charge on any atom is -0.469 e. The summed E-state index contributed by atoms with van der Waals surface area (Å²) in [6.07, 6.45) is 1.70. The van der Waals surface area contributed by atoms with E-state index in [9.17, 15) is 9.59 Å². The van der Waals surface area contributed by atoms with E-state index in [1.54, 1.807) is 54.4 Å². The van der Waals surface area contributed by atoms with Gasteiger partial charge in [-0.05, 0) is 60.2 Å². The molecule has 0 atom stereocenters. The van der Waals surface area contributed by atoms with Gasteiger partial charge in [-0.15, -0.1) is 0 Å². The first-order valence-corrected chi connectivity index (χ1v) is 11.1. The number of rotatable bonds is 4. The zero-order valence-electron chi connectivity index (χ0n) is 17.2. The van der Waals surface area contributed by atoms with E-state index in [0.717, 1.165) is 21.0 Å². The second-order valence-corrected chi connectivity index (χ2v) is 8.53. The number of para-hydroxylation sites is 1. The van der Waals surface area contributed by atoms with E-state index in [-0.39, 0.29) is 18.2 Å². The average molecular weight is 441 g/mol. The van der Waals surface area contributed by atoms with Crippen molar-refractivity contribution >= 4 is 35.0 Å². The van der Waals surface area contributed by atoms with Crippen molar-refractivity contribution in [2.24, 2.45) is 0 Å². The summed E-state index contributed by atoms with van der Waals surface area (Å²) in [5.41, 5.74) is 3.21. The summed E-state index contributed by atoms with van der Waals surface area (Å²) < 4.78 is 5.21. The fourth-order valence-corrected chi connectivity index (χ4v) is 4.76. The predicted octanol–water partition coefficient (Wildman–Crippen LogP) is 5.77. The Morgan fingerprint density at radius 2 is 1.62 bits per heavy atom. The summed E-state index contributed by atoms with van der Waals surface area (Å²) in [4.78, 5) is 29.7. The Hall–Kier alpha value is -3.77. The molecule has 0 spiro atoms. The van der Waals surface area contributed by atoms with E-state index in [0.29, 0.717) is 23.6 Å². The molecule has 2 heterocycles. The molecule has 32 heavy (non-hydrogen) atoms. The van der Waals surface area contributed by atoms with Gasteiger partial charge < -0.3 is 14.6 Å². The van der Waals surface area contributed by atoms with E-state index in [1.807, 2.05) is 41.3 Å². The molecule has 4 aromatic rings. The van der Waals surface area contributed by atoms with Gasteiger partial charge in [0.05, 0.1) is 24.9 Å². The molecule has 5 rings (SSSR count). The predicted molar refractivity (Wildman–Crippen MR) is 125 cm³/mol. The summed E-state index contributed by atoms with van der Waals surface area (Å²) in [5.74, 6) is 0.351. The minimum atomic E-state index is -0.172. The number of amides is 2. The molecule has 1 aliphatic rings. The molecule has 0 bridgehead atoms. The monoisotopic (exact) mass is 440 g/mol. The number of hydrogen-bond donors (Lipinski definition) is 1. The molecular formula is C26H20N2O3S. The normalized spacial score (nSPS) is 12.4. The minimum absolute atomic E-state index is 0.0804. The number of fused-ring (bicyclic) bond motifs is 2. The van der Waals surface area contributed by atoms with E-state index < -0.39 is 0 Å². The second kappa shape index (κ2) is 8.77. The Morgan fingerprint density at radius 1 is 0.875 bits per heavy atom. The number of benzene rings is 3. The third-order valence-corrected chi connectivity index (χ3v) is 6.44. The smallest absolute Gasteiger partial charge is 0.258 e. The van der Waals surface area contributed by atoms with Gasteiger partial charge >= 0.3 is 0 Å². The van der Waals surface area contributed by atoms with Crippen molar-refractivity contribution in [2.45, 2.75) is 22.8 Å². The Bertz CT molecular complexity index is 1270. The lowest BCUT2D eigenvalue weighted by Gasteiger charge is -2.23. The highest BCUT2D eigenvalue weighted by Crippen LogP contribution is 2.41. The van der Waals surface area contributed by atoms with Gasteiger partial charge in [0.2, 0.25) is 5.91 Å². The summed E-state index contributed by atoms with van der Waals surface area (Å²) in [6.45, 7) is 0.501. The fraction of sp³-hybridized carbons (Fsp3) is 0.0769. The Kier molecular flexibility index (Phi) is 5.52. The van der Waals surface area contributed by atoms with Crippen LogP contribution in [-0.2, 0) is 17.8 Å². The van der Waals surface area contributed by atoms with Gasteiger partial charge in [0.1, 0.15) is 5.76 Å². The molecule has 3 aromatic carbocycles. The van der Waals surface area contributed by atoms with Gasteiger partial charge in [0, 0.05) is 21.0 Å². The van der Waals surface area contributed by atoms with Gasteiger partial charge in [-0.2, -0.15) is 0 Å². The summed E-state index contributed by atoms with van der Waals surface area (Å²) in [7, 11) is 0. The SMILES string of the molecule is O=C(Cc1ccco1)Nc1ccc(C(=O)N2Cc3ccccc3Sc3ccccc32)cc1. The van der Waals surface area contributed by atoms with Crippen molar-refractivity contribution in [1.29, 1.82) is 0 Å². The molecule has 1 N–H and O–H groups in total. The van der Waals surface area contributed by atoms with Crippen LogP contribution in [0, 0.1) is 0 Å². The van der Waals surface area contributed by atoms with Crippen LogP contribution in [0.4, 0.5) is 11.4 Å². The number of anilines is 2. The largest absolute Gasteiger partial charge is 0.469 e. The van der Waals surface area contributed by atoms with Crippen molar-refractivity contribution in [1.82, 2.24) is 0 Å². The highest BCUT2D eigenvalue weighted by atomic mass is 32.2. The van der Waals surface area contributed by atoms with Crippen molar-refractivity contribution in [3.05, 3.63) is 108 Å². The molecule has 0 saturated heterocycles. The first-order valence-electron chi connectivity index (χ1n) is 10.3. The number of carbonyl (C=O) groups is 2. The van der Waals surface area contributed by atoms with Crippen LogP contribution in [0.25, 0.3) is 0 Å². The highest BCUT2D eigenvalue weighted by molar-refractivity contribution is 7.99. The van der Waals surface area contributed by atoms with Crippen molar-refractivity contribution in [3.63, 3.8) is 0 Å². The standard InChI is InChI=1S/C26H20N2O3S/c29-25(16-21-7-5-15-31-21)27-20-13-11-18(12-14-20)26(30)28-17-19-6-1-3-9-23(19)32-24-10-4-2-8-22(24)28/h1-15H,16-17H2,(H,27,29). The number of nitrogens with one attached hydrogen (secondary N) is 1. The number of furan rings is 1. The summed E-state index contributed by atoms with van der Waals surface area (Å²) in [5, 5.41) is 2.84. The molecular weight excluding hydrogens is 420 g/mol. The third-order valence-electron chi connectivity index (χ3n) is 5.25. The van der Waals surface area contributed by atoms with Crippen LogP contribution in [-0.4, -0.2) is 11.8 Å². The van der Waals surface area contributed by atoms with Crippen LogP contribution in [0.2, 0.25) is 0 Å². The van der Waals surface area contributed by atoms with E-state index in [2.05, 4.69) is 17.4 Å². The van der Waals surface area contributed by atoms with Crippen LogP contribution < -0.4 is 10.2 Å². The Morgan fingerprint density at radius 3 is 2.41 bits per heavy atom. The van der Waals surface area contributed by atoms with Crippen molar-refractivity contribution in [2.75, 3.05) is 10.2 Å². The van der Waals surface area contributed by atoms with Crippen molar-refractivity contribution < 1.29 is 14.0 Å². The zero-order chi connectivity index (χ0) is 21.9. The Balaban J connectivity index is 1.37. The molecule has 158 valence electrons. The maximum Gasteiger partial charge on any atom is 0.258 e. The maximum atomic E-state index is 13.5. The van der Waals surface area contributed by atoms with Crippen molar-refractivity contribution in [3.8, 4) is 0 Å². The third kappa shape index (κ3) is 4.18. The number of carbonyl (C=O) groups excluding carboxylic acids is 2. The van der Waals surface area contributed by atoms with Crippen LogP contribution in [0.5, 0.6) is 0 Å². The summed E-state index contributed by atoms with van der Waals surface area (Å²) >= 11 is 1.68. The van der Waals surface area contributed by atoms with Crippen LogP contribution in [0.3, 0.4) is 0 Å². The van der Waals surface area contributed by atoms with Crippen LogP contribution >= 0.6 is 11.8 Å². The lowest BCUT2D eigenvalue weighted by molar-refractivity contribution is -0.115. The Labute approximate surface area is 190 Å². The molecule has 5 nitrogen and oxygen atoms in total. The fourth-order valence-electron chi connectivity index (χ4n) is 3.68. The molecule has 1 aromatic heterocycles. The molecule has 0 saturated carbocycles. The molecule has 1 aliphatic heterocycles. The topological polar surface area (TPSA) is 62.6 Å². The van der Waals surface area contributed by atoms with Gasteiger partial charge in [-0.1, -0.05) is 42.1 Å². The highest BCUT2D eigenvalue weighted by Gasteiger charge is 2.25. The zero-order valence-corrected chi connectivity index (χ0v) is 18.0. The molecule has 0 unspecified atom stereocenters. The lowest BCUT2D eigenvalue weighted by atomic mass is 10.1. The maximum absolute atomic E-state index is 13.5. The summed E-state index contributed by atoms with van der Waals surface area (Å²) in [6, 6.07) is 26.6. The quantitative estimate of drug-likeness (QED) is 0.437. The van der Waals surface area contributed by atoms with E-state index in [4.69, 9.17) is 4.42 Å². The molecule has 6 heteroatoms. The second-order valence-electron chi connectivity index (χ2n) is 7.45. The van der Waals surface area contributed by atoms with Gasteiger partial charge in [0.25, 0.3) is 5.91 Å². The average Bonchev–Trinajstić information content (AvgIpc) is 3.25. The van der Waals surface area contributed by atoms with Gasteiger partial charge in [0.15, 0.2) is 0 Å². The number of hydrogen-bond acceptors (Lipinski definition) is 4. The number of nitrogens with zero attached hydrogens (tertiary/aromatic N) is 1. The van der Waals surface area contributed by atoms with Gasteiger partial charge in [-0.3, -0.25) is 9.59 Å². The molecule has 0 fully saturated rings. The van der Waals surface area contributed by atoms with Gasteiger partial charge in [-0.25, -0.2) is 0 Å². The van der Waals surface area contributed by atoms with E-state index >= 15 is 0 Å². The first kappa shape index (κ1) is 20.2. The lowest BCUT2D eigenvalue weighted by Crippen LogP contribution is -2.30. The molecule has 2 amide bonds. The van der Waals surface area contributed by atoms with Crippen LogP contribution in [0.15, 0.2) is 105 Å². The van der Waals surface area contributed by atoms with E-state index in [1.165, 1.54) is 0 Å². The molecule has 0 radical (unpaired) electrons. The van der Waals surface area contributed by atoms with Crippen LogP contribution in [0.1, 0.15) is 21.7 Å². The first-order chi connectivity index (χ1) is 15.7.